The van der Waals surface area contributed by atoms with Gasteiger partial charge in [0.15, 0.2) is 0 Å². The summed E-state index contributed by atoms with van der Waals surface area (Å²) in [7, 11) is -0.313. The van der Waals surface area contributed by atoms with Crippen LogP contribution >= 0.6 is 7.92 Å². The Kier molecular flexibility index (Phi) is 5.28. The monoisotopic (exact) mass is 344 g/mol. The van der Waals surface area contributed by atoms with E-state index in [9.17, 15) is 0 Å². The van der Waals surface area contributed by atoms with Crippen LogP contribution in [0.3, 0.4) is 0 Å². The lowest BCUT2D eigenvalue weighted by Crippen LogP contribution is -2.24. The fourth-order valence-corrected chi connectivity index (χ4v) is 7.20. The molecule has 25 heavy (non-hydrogen) atoms. The summed E-state index contributed by atoms with van der Waals surface area (Å²) in [5, 5.41) is 3.09. The third kappa shape index (κ3) is 3.70. The van der Waals surface area contributed by atoms with E-state index < -0.39 is 0 Å². The van der Waals surface area contributed by atoms with Crippen molar-refractivity contribution in [1.82, 2.24) is 0 Å². The van der Waals surface area contributed by atoms with Gasteiger partial charge in [-0.3, -0.25) is 0 Å². The van der Waals surface area contributed by atoms with Crippen LogP contribution in [0.25, 0.3) is 11.1 Å². The molecule has 3 aromatic rings. The molecule has 1 saturated carbocycles. The van der Waals surface area contributed by atoms with Gasteiger partial charge in [0, 0.05) is 0 Å². The van der Waals surface area contributed by atoms with Gasteiger partial charge in [-0.25, -0.2) is 0 Å². The highest BCUT2D eigenvalue weighted by molar-refractivity contribution is 7.73. The highest BCUT2D eigenvalue weighted by atomic mass is 31.1. The van der Waals surface area contributed by atoms with Crippen molar-refractivity contribution >= 4 is 18.5 Å². The maximum Gasteiger partial charge on any atom is -0.0104 e. The van der Waals surface area contributed by atoms with Gasteiger partial charge in [0.2, 0.25) is 0 Å². The molecule has 126 valence electrons. The second kappa shape index (κ2) is 7.98. The summed E-state index contributed by atoms with van der Waals surface area (Å²) in [5.41, 5.74) is 3.58. The zero-order chi connectivity index (χ0) is 16.9. The molecule has 0 N–H and O–H groups in total. The smallest absolute Gasteiger partial charge is 0.0104 e. The van der Waals surface area contributed by atoms with Crippen LogP contribution in [0.4, 0.5) is 0 Å². The molecule has 3 aromatic carbocycles. The van der Waals surface area contributed by atoms with Crippen LogP contribution in [-0.2, 0) is 0 Å². The van der Waals surface area contributed by atoms with Crippen LogP contribution in [-0.4, -0.2) is 5.66 Å². The van der Waals surface area contributed by atoms with Gasteiger partial charge in [0.25, 0.3) is 0 Å². The Morgan fingerprint density at radius 2 is 1.20 bits per heavy atom. The van der Waals surface area contributed by atoms with Gasteiger partial charge in [-0.15, -0.1) is 0 Å². The van der Waals surface area contributed by atoms with Gasteiger partial charge in [-0.1, -0.05) is 104 Å². The van der Waals surface area contributed by atoms with Crippen molar-refractivity contribution < 1.29 is 0 Å². The summed E-state index contributed by atoms with van der Waals surface area (Å²) in [4.78, 5) is 0. The first-order valence-electron chi connectivity index (χ1n) is 9.42. The summed E-state index contributed by atoms with van der Waals surface area (Å²) in [6, 6.07) is 31.3. The van der Waals surface area contributed by atoms with Crippen molar-refractivity contribution in [2.45, 2.75) is 37.8 Å². The molecule has 0 heterocycles. The maximum absolute atomic E-state index is 2.38. The Bertz CT molecular complexity index is 789. The first-order valence-corrected chi connectivity index (χ1v) is 10.8. The first kappa shape index (κ1) is 16.6. The fourth-order valence-electron chi connectivity index (χ4n) is 4.02. The second-order valence-corrected chi connectivity index (χ2v) is 9.35. The number of benzene rings is 3. The van der Waals surface area contributed by atoms with Crippen LogP contribution in [0, 0.1) is 0 Å². The summed E-state index contributed by atoms with van der Waals surface area (Å²) < 4.78 is 0. The van der Waals surface area contributed by atoms with Crippen molar-refractivity contribution in [3.8, 4) is 11.1 Å². The van der Waals surface area contributed by atoms with E-state index in [4.69, 9.17) is 0 Å². The van der Waals surface area contributed by atoms with Crippen molar-refractivity contribution in [2.24, 2.45) is 0 Å². The lowest BCUT2D eigenvalue weighted by atomic mass is 10.0. The standard InChI is InChI=1S/C24H25P/c1-4-12-20(13-5-1)23-18-10-11-19-24(23)25(21-14-6-2-7-15-21)22-16-8-3-9-17-22/h1-2,4-7,10-15,18-19,22H,3,8-9,16-17H2. The Morgan fingerprint density at radius 3 is 1.92 bits per heavy atom. The van der Waals surface area contributed by atoms with Gasteiger partial charge in [-0.05, 0) is 48.2 Å². The predicted molar refractivity (Wildman–Crippen MR) is 111 cm³/mol. The minimum absolute atomic E-state index is 0.313. The van der Waals surface area contributed by atoms with Crippen molar-refractivity contribution in [3.63, 3.8) is 0 Å². The Balaban J connectivity index is 1.83. The number of hydrogen-bond acceptors (Lipinski definition) is 0. The molecule has 1 aliphatic rings. The molecule has 0 nitrogen and oxygen atoms in total. The van der Waals surface area contributed by atoms with E-state index in [1.54, 1.807) is 5.30 Å². The molecule has 1 unspecified atom stereocenters. The Hall–Kier alpha value is -1.91. The molecule has 1 atom stereocenters. The quantitative estimate of drug-likeness (QED) is 0.500. The third-order valence-electron chi connectivity index (χ3n) is 5.22. The van der Waals surface area contributed by atoms with Crippen molar-refractivity contribution in [2.75, 3.05) is 0 Å². The third-order valence-corrected chi connectivity index (χ3v) is 8.23. The molecule has 0 bridgehead atoms. The molecule has 0 aromatic heterocycles. The molecule has 0 spiro atoms. The predicted octanol–water partition coefficient (Wildman–Crippen LogP) is 6.12. The zero-order valence-corrected chi connectivity index (χ0v) is 15.5. The Labute approximate surface area is 152 Å². The van der Waals surface area contributed by atoms with Crippen LogP contribution in [0.5, 0.6) is 0 Å². The van der Waals surface area contributed by atoms with Gasteiger partial charge in [0.1, 0.15) is 0 Å². The first-order chi connectivity index (χ1) is 12.4. The molecule has 1 fully saturated rings. The van der Waals surface area contributed by atoms with E-state index in [0.717, 1.165) is 5.66 Å². The molecule has 1 aliphatic carbocycles. The Morgan fingerprint density at radius 1 is 0.600 bits per heavy atom. The molecule has 1 heteroatoms. The molecular formula is C24H25P. The largest absolute Gasteiger partial charge is 0.0622 e. The molecular weight excluding hydrogens is 319 g/mol. The molecule has 0 amide bonds. The molecule has 0 radical (unpaired) electrons. The number of hydrogen-bond donors (Lipinski definition) is 0. The average molecular weight is 344 g/mol. The van der Waals surface area contributed by atoms with E-state index in [2.05, 4.69) is 84.9 Å². The van der Waals surface area contributed by atoms with E-state index in [1.165, 1.54) is 48.5 Å². The second-order valence-electron chi connectivity index (χ2n) is 6.88. The van der Waals surface area contributed by atoms with Gasteiger partial charge in [-0.2, -0.15) is 0 Å². The summed E-state index contributed by atoms with van der Waals surface area (Å²) >= 11 is 0. The van der Waals surface area contributed by atoms with E-state index >= 15 is 0 Å². The summed E-state index contributed by atoms with van der Waals surface area (Å²) in [6.45, 7) is 0. The van der Waals surface area contributed by atoms with Crippen LogP contribution < -0.4 is 10.6 Å². The minimum Gasteiger partial charge on any atom is -0.0622 e. The van der Waals surface area contributed by atoms with E-state index in [1.807, 2.05) is 0 Å². The summed E-state index contributed by atoms with van der Waals surface area (Å²) in [6.07, 6.45) is 6.95. The van der Waals surface area contributed by atoms with Crippen molar-refractivity contribution in [1.29, 1.82) is 0 Å². The van der Waals surface area contributed by atoms with Crippen molar-refractivity contribution in [3.05, 3.63) is 84.9 Å². The molecule has 4 rings (SSSR count). The highest BCUT2D eigenvalue weighted by Gasteiger charge is 2.27. The van der Waals surface area contributed by atoms with Crippen LogP contribution in [0.2, 0.25) is 0 Å². The summed E-state index contributed by atoms with van der Waals surface area (Å²) in [5.74, 6) is 0. The topological polar surface area (TPSA) is 0 Å². The lowest BCUT2D eigenvalue weighted by molar-refractivity contribution is 0.513. The van der Waals surface area contributed by atoms with E-state index in [-0.39, 0.29) is 7.92 Å². The normalized spacial score (nSPS) is 16.5. The van der Waals surface area contributed by atoms with Gasteiger partial charge >= 0.3 is 0 Å². The van der Waals surface area contributed by atoms with Crippen LogP contribution in [0.1, 0.15) is 32.1 Å². The SMILES string of the molecule is c1ccc(-c2ccccc2P(c2ccccc2)C2CCCCC2)cc1. The average Bonchev–Trinajstić information content (AvgIpc) is 2.71. The zero-order valence-electron chi connectivity index (χ0n) is 14.6. The van der Waals surface area contributed by atoms with Gasteiger partial charge < -0.3 is 0 Å². The van der Waals surface area contributed by atoms with Crippen LogP contribution in [0.15, 0.2) is 84.9 Å². The van der Waals surface area contributed by atoms with E-state index in [0.29, 0.717) is 0 Å². The highest BCUT2D eigenvalue weighted by Crippen LogP contribution is 2.48. The molecule has 0 aliphatic heterocycles. The van der Waals surface area contributed by atoms with Gasteiger partial charge in [0.05, 0.1) is 0 Å². The fraction of sp³-hybridized carbons (Fsp3) is 0.250. The minimum atomic E-state index is -0.313. The number of rotatable bonds is 4. The lowest BCUT2D eigenvalue weighted by Gasteiger charge is -2.32. The molecule has 0 saturated heterocycles. The maximum atomic E-state index is 2.38.